The first kappa shape index (κ1) is 20.5. The van der Waals surface area contributed by atoms with Crippen LogP contribution in [0, 0.1) is 0 Å². The Hall–Kier alpha value is -2.80. The molecular formula is C19H24ClN3O4. The third kappa shape index (κ3) is 5.10. The minimum absolute atomic E-state index is 0.504. The van der Waals surface area contributed by atoms with Crippen LogP contribution in [0.3, 0.4) is 0 Å². The summed E-state index contributed by atoms with van der Waals surface area (Å²) >= 11 is 6.00. The average Bonchev–Trinajstić information content (AvgIpc) is 2.70. The van der Waals surface area contributed by atoms with Crippen molar-refractivity contribution in [3.05, 3.63) is 40.9 Å². The molecule has 2 aromatic carbocycles. The van der Waals surface area contributed by atoms with Crippen molar-refractivity contribution in [2.75, 3.05) is 40.8 Å². The highest BCUT2D eigenvalue weighted by atomic mass is 35.5. The fourth-order valence-corrected chi connectivity index (χ4v) is 2.67. The van der Waals surface area contributed by atoms with Crippen molar-refractivity contribution in [3.8, 4) is 23.0 Å². The minimum Gasteiger partial charge on any atom is -0.496 e. The van der Waals surface area contributed by atoms with Crippen LogP contribution in [0.1, 0.15) is 5.56 Å². The van der Waals surface area contributed by atoms with Gasteiger partial charge < -0.3 is 29.6 Å². The van der Waals surface area contributed by atoms with E-state index in [9.17, 15) is 0 Å². The van der Waals surface area contributed by atoms with E-state index in [4.69, 9.17) is 30.5 Å². The number of aliphatic imine (C=N–C) groups is 1. The Morgan fingerprint density at radius 2 is 1.56 bits per heavy atom. The third-order valence-corrected chi connectivity index (χ3v) is 4.08. The van der Waals surface area contributed by atoms with Gasteiger partial charge in [-0.05, 0) is 12.1 Å². The quantitative estimate of drug-likeness (QED) is 0.553. The molecule has 0 aliphatic carbocycles. The lowest BCUT2D eigenvalue weighted by molar-refractivity contribution is 0.324. The topological polar surface area (TPSA) is 73.3 Å². The first-order valence-corrected chi connectivity index (χ1v) is 8.54. The summed E-state index contributed by atoms with van der Waals surface area (Å²) in [7, 11) is 8.00. The zero-order chi connectivity index (χ0) is 19.8. The van der Waals surface area contributed by atoms with E-state index in [2.05, 4.69) is 15.6 Å². The maximum absolute atomic E-state index is 6.00. The van der Waals surface area contributed by atoms with Crippen LogP contribution in [0.4, 0.5) is 5.69 Å². The predicted molar refractivity (Wildman–Crippen MR) is 108 cm³/mol. The number of guanidine groups is 1. The van der Waals surface area contributed by atoms with Gasteiger partial charge in [-0.2, -0.15) is 0 Å². The lowest BCUT2D eigenvalue weighted by Crippen LogP contribution is -2.30. The molecule has 0 unspecified atom stereocenters. The fraction of sp³-hybridized carbons (Fsp3) is 0.316. The highest BCUT2D eigenvalue weighted by Crippen LogP contribution is 2.39. The van der Waals surface area contributed by atoms with Crippen molar-refractivity contribution in [3.63, 3.8) is 0 Å². The molecule has 0 spiro atoms. The lowest BCUT2D eigenvalue weighted by Gasteiger charge is -2.17. The van der Waals surface area contributed by atoms with Crippen molar-refractivity contribution in [1.82, 2.24) is 5.32 Å². The second kappa shape index (κ2) is 9.78. The second-order valence-corrected chi connectivity index (χ2v) is 5.86. The number of nitrogens with one attached hydrogen (secondary N) is 2. The molecule has 7 nitrogen and oxygen atoms in total. The summed E-state index contributed by atoms with van der Waals surface area (Å²) in [5, 5.41) is 7.06. The molecule has 0 bridgehead atoms. The number of benzene rings is 2. The predicted octanol–water partition coefficient (Wildman–Crippen LogP) is 3.56. The number of hydrogen-bond donors (Lipinski definition) is 2. The Bertz CT molecular complexity index is 787. The number of anilines is 1. The first-order valence-electron chi connectivity index (χ1n) is 8.16. The summed E-state index contributed by atoms with van der Waals surface area (Å²) in [6, 6.07) is 9.10. The molecular weight excluding hydrogens is 370 g/mol. The maximum atomic E-state index is 6.00. The van der Waals surface area contributed by atoms with Gasteiger partial charge in [0.05, 0.1) is 28.4 Å². The molecule has 0 radical (unpaired) electrons. The Kier molecular flexibility index (Phi) is 7.43. The van der Waals surface area contributed by atoms with Crippen molar-refractivity contribution < 1.29 is 18.9 Å². The number of ether oxygens (including phenoxy) is 4. The smallest absolute Gasteiger partial charge is 0.203 e. The minimum atomic E-state index is 0.504. The Labute approximate surface area is 164 Å². The molecule has 0 saturated heterocycles. The summed E-state index contributed by atoms with van der Waals surface area (Å²) in [5.74, 6) is 2.90. The van der Waals surface area contributed by atoms with Gasteiger partial charge in [0.1, 0.15) is 5.75 Å². The molecule has 2 aromatic rings. The van der Waals surface area contributed by atoms with Crippen LogP contribution >= 0.6 is 11.6 Å². The second-order valence-electron chi connectivity index (χ2n) is 5.42. The Balaban J connectivity index is 2.16. The van der Waals surface area contributed by atoms with E-state index in [0.717, 1.165) is 11.3 Å². The first-order chi connectivity index (χ1) is 13.1. The monoisotopic (exact) mass is 393 g/mol. The molecule has 0 aromatic heterocycles. The number of hydrogen-bond acceptors (Lipinski definition) is 5. The van der Waals surface area contributed by atoms with E-state index >= 15 is 0 Å². The standard InChI is InChI=1S/C19H24ClN3O4/c1-21-19(22-11-12-6-7-13(20)8-15(12)24-2)23-14-9-16(25-3)18(27-5)17(10-14)26-4/h6-10H,11H2,1-5H3,(H2,21,22,23). The van der Waals surface area contributed by atoms with Crippen LogP contribution in [-0.4, -0.2) is 41.4 Å². The van der Waals surface area contributed by atoms with Crippen molar-refractivity contribution in [2.45, 2.75) is 6.54 Å². The van der Waals surface area contributed by atoms with E-state index < -0.39 is 0 Å². The van der Waals surface area contributed by atoms with Crippen molar-refractivity contribution in [2.24, 2.45) is 4.99 Å². The van der Waals surface area contributed by atoms with Gasteiger partial charge in [-0.1, -0.05) is 17.7 Å². The van der Waals surface area contributed by atoms with Gasteiger partial charge in [0.25, 0.3) is 0 Å². The van der Waals surface area contributed by atoms with E-state index in [1.807, 2.05) is 12.1 Å². The molecule has 2 rings (SSSR count). The largest absolute Gasteiger partial charge is 0.496 e. The summed E-state index contributed by atoms with van der Waals surface area (Å²) in [6.07, 6.45) is 0. The fourth-order valence-electron chi connectivity index (χ4n) is 2.51. The van der Waals surface area contributed by atoms with Gasteiger partial charge in [-0.15, -0.1) is 0 Å². The SMILES string of the molecule is CN=C(NCc1ccc(Cl)cc1OC)Nc1cc(OC)c(OC)c(OC)c1. The van der Waals surface area contributed by atoms with Crippen LogP contribution in [-0.2, 0) is 6.54 Å². The van der Waals surface area contributed by atoms with Gasteiger partial charge in [0, 0.05) is 42.0 Å². The van der Waals surface area contributed by atoms with Gasteiger partial charge in [0.2, 0.25) is 5.75 Å². The van der Waals surface area contributed by atoms with Crippen LogP contribution in [0.5, 0.6) is 23.0 Å². The molecule has 146 valence electrons. The zero-order valence-electron chi connectivity index (χ0n) is 16.1. The van der Waals surface area contributed by atoms with Crippen LogP contribution in [0.25, 0.3) is 0 Å². The van der Waals surface area contributed by atoms with Gasteiger partial charge in [-0.25, -0.2) is 0 Å². The third-order valence-electron chi connectivity index (χ3n) is 3.85. The Morgan fingerprint density at radius 3 is 2.07 bits per heavy atom. The maximum Gasteiger partial charge on any atom is 0.203 e. The van der Waals surface area contributed by atoms with Crippen LogP contribution < -0.4 is 29.6 Å². The highest BCUT2D eigenvalue weighted by Gasteiger charge is 2.14. The van der Waals surface area contributed by atoms with Gasteiger partial charge in [-0.3, -0.25) is 4.99 Å². The number of methoxy groups -OCH3 is 4. The zero-order valence-corrected chi connectivity index (χ0v) is 16.8. The summed E-state index contributed by atoms with van der Waals surface area (Å²) < 4.78 is 21.4. The molecule has 0 saturated carbocycles. The molecule has 0 fully saturated rings. The van der Waals surface area contributed by atoms with E-state index in [1.165, 1.54) is 0 Å². The van der Waals surface area contributed by atoms with Gasteiger partial charge >= 0.3 is 0 Å². The highest BCUT2D eigenvalue weighted by molar-refractivity contribution is 6.30. The molecule has 8 heteroatoms. The van der Waals surface area contributed by atoms with Crippen molar-refractivity contribution >= 4 is 23.2 Å². The molecule has 0 heterocycles. The Morgan fingerprint density at radius 1 is 0.926 bits per heavy atom. The van der Waals surface area contributed by atoms with Crippen molar-refractivity contribution in [1.29, 1.82) is 0 Å². The molecule has 2 N–H and O–H groups in total. The molecule has 0 atom stereocenters. The van der Waals surface area contributed by atoms with E-state index in [-0.39, 0.29) is 0 Å². The summed E-state index contributed by atoms with van der Waals surface area (Å²) in [4.78, 5) is 4.24. The lowest BCUT2D eigenvalue weighted by atomic mass is 10.2. The average molecular weight is 394 g/mol. The molecule has 0 amide bonds. The van der Waals surface area contributed by atoms with E-state index in [1.54, 1.807) is 53.7 Å². The van der Waals surface area contributed by atoms with Crippen LogP contribution in [0.2, 0.25) is 5.02 Å². The summed E-state index contributed by atoms with van der Waals surface area (Å²) in [6.45, 7) is 0.504. The van der Waals surface area contributed by atoms with Crippen LogP contribution in [0.15, 0.2) is 35.3 Å². The number of halogens is 1. The van der Waals surface area contributed by atoms with E-state index in [0.29, 0.717) is 40.5 Å². The van der Waals surface area contributed by atoms with Gasteiger partial charge in [0.15, 0.2) is 17.5 Å². The molecule has 0 aliphatic heterocycles. The normalized spacial score (nSPS) is 11.0. The molecule has 27 heavy (non-hydrogen) atoms. The summed E-state index contributed by atoms with van der Waals surface area (Å²) in [5.41, 5.74) is 1.69. The number of nitrogens with zero attached hydrogens (tertiary/aromatic N) is 1. The number of rotatable bonds is 7. The molecule has 0 aliphatic rings.